The Kier molecular flexibility index (Phi) is 3.54. The van der Waals surface area contributed by atoms with Gasteiger partial charge in [0.1, 0.15) is 11.5 Å². The normalized spacial score (nSPS) is 9.13. The van der Waals surface area contributed by atoms with Crippen molar-refractivity contribution in [2.24, 2.45) is 0 Å². The molecule has 1 rings (SSSR count). The lowest BCUT2D eigenvalue weighted by atomic mass is 10.0. The molecule has 1 aromatic rings. The molecule has 76 valence electrons. The molecule has 0 aliphatic rings. The smallest absolute Gasteiger partial charge is 0.161 e. The molecule has 0 bridgehead atoms. The predicted molar refractivity (Wildman–Crippen MR) is 53.5 cm³/mol. The van der Waals surface area contributed by atoms with Crippen LogP contribution in [-0.2, 0) is 0 Å². The van der Waals surface area contributed by atoms with Gasteiger partial charge in [0.2, 0.25) is 0 Å². The van der Waals surface area contributed by atoms with E-state index in [2.05, 4.69) is 0 Å². The third-order valence-corrected chi connectivity index (χ3v) is 2.01. The van der Waals surface area contributed by atoms with Gasteiger partial charge in [0.15, 0.2) is 5.92 Å². The Labute approximate surface area is 88.3 Å². The molecule has 0 unspecified atom stereocenters. The van der Waals surface area contributed by atoms with Gasteiger partial charge in [0.05, 0.1) is 26.4 Å². The SMILES string of the molecule is COc1ccc(C(C#N)C#N)c(OC)c1. The molecule has 4 heteroatoms. The maximum Gasteiger partial charge on any atom is 0.161 e. The van der Waals surface area contributed by atoms with Crippen LogP contribution in [0.1, 0.15) is 11.5 Å². The standard InChI is InChI=1S/C11H10N2O2/c1-14-9-3-4-10(8(6-12)7-13)11(5-9)15-2/h3-5,8H,1-2H3. The van der Waals surface area contributed by atoms with E-state index in [1.165, 1.54) is 7.11 Å². The van der Waals surface area contributed by atoms with Crippen molar-refractivity contribution >= 4 is 0 Å². The molecule has 0 heterocycles. The molecule has 0 atom stereocenters. The van der Waals surface area contributed by atoms with Crippen molar-refractivity contribution in [1.29, 1.82) is 10.5 Å². The molecule has 0 aliphatic heterocycles. The summed E-state index contributed by atoms with van der Waals surface area (Å²) in [6.45, 7) is 0. The Morgan fingerprint density at radius 3 is 2.27 bits per heavy atom. The highest BCUT2D eigenvalue weighted by atomic mass is 16.5. The third-order valence-electron chi connectivity index (χ3n) is 2.01. The highest BCUT2D eigenvalue weighted by molar-refractivity contribution is 5.46. The van der Waals surface area contributed by atoms with Crippen LogP contribution >= 0.6 is 0 Å². The molecule has 15 heavy (non-hydrogen) atoms. The van der Waals surface area contributed by atoms with E-state index in [1.54, 1.807) is 25.3 Å². The van der Waals surface area contributed by atoms with Gasteiger partial charge < -0.3 is 9.47 Å². The number of nitriles is 2. The van der Waals surface area contributed by atoms with E-state index in [0.29, 0.717) is 17.1 Å². The van der Waals surface area contributed by atoms with Crippen LogP contribution in [0, 0.1) is 22.7 Å². The van der Waals surface area contributed by atoms with Crippen LogP contribution in [0.3, 0.4) is 0 Å². The Balaban J connectivity index is 3.20. The molecule has 0 N–H and O–H groups in total. The zero-order valence-electron chi connectivity index (χ0n) is 8.52. The van der Waals surface area contributed by atoms with Crippen LogP contribution in [0.2, 0.25) is 0 Å². The van der Waals surface area contributed by atoms with Gasteiger partial charge >= 0.3 is 0 Å². The number of hydrogen-bond donors (Lipinski definition) is 0. The van der Waals surface area contributed by atoms with E-state index in [9.17, 15) is 0 Å². The van der Waals surface area contributed by atoms with E-state index in [-0.39, 0.29) is 0 Å². The summed E-state index contributed by atoms with van der Waals surface area (Å²) in [4.78, 5) is 0. The molecule has 0 saturated carbocycles. The summed E-state index contributed by atoms with van der Waals surface area (Å²) in [5.41, 5.74) is 0.559. The van der Waals surface area contributed by atoms with Gasteiger partial charge in [0, 0.05) is 11.6 Å². The molecule has 0 amide bonds. The molecular formula is C11H10N2O2. The van der Waals surface area contributed by atoms with Crippen molar-refractivity contribution in [3.05, 3.63) is 23.8 Å². The van der Waals surface area contributed by atoms with Gasteiger partial charge in [-0.25, -0.2) is 0 Å². The van der Waals surface area contributed by atoms with Gasteiger partial charge in [-0.2, -0.15) is 10.5 Å². The Morgan fingerprint density at radius 1 is 1.13 bits per heavy atom. The Hall–Kier alpha value is -2.20. The van der Waals surface area contributed by atoms with Gasteiger partial charge in [-0.3, -0.25) is 0 Å². The summed E-state index contributed by atoms with van der Waals surface area (Å²) in [7, 11) is 3.03. The molecule has 4 nitrogen and oxygen atoms in total. The number of benzene rings is 1. The van der Waals surface area contributed by atoms with Crippen LogP contribution in [0.25, 0.3) is 0 Å². The summed E-state index contributed by atoms with van der Waals surface area (Å²) < 4.78 is 10.1. The van der Waals surface area contributed by atoms with Crippen LogP contribution in [-0.4, -0.2) is 14.2 Å². The number of methoxy groups -OCH3 is 2. The van der Waals surface area contributed by atoms with Crippen LogP contribution in [0.4, 0.5) is 0 Å². The van der Waals surface area contributed by atoms with Crippen molar-refractivity contribution in [1.82, 2.24) is 0 Å². The summed E-state index contributed by atoms with van der Waals surface area (Å²) in [5, 5.41) is 17.5. The molecule has 0 radical (unpaired) electrons. The summed E-state index contributed by atoms with van der Waals surface area (Å²) in [6.07, 6.45) is 0. The average molecular weight is 202 g/mol. The third kappa shape index (κ3) is 2.18. The van der Waals surface area contributed by atoms with E-state index in [0.717, 1.165) is 0 Å². The second-order valence-electron chi connectivity index (χ2n) is 2.80. The zero-order chi connectivity index (χ0) is 11.3. The Morgan fingerprint density at radius 2 is 1.80 bits per heavy atom. The summed E-state index contributed by atoms with van der Waals surface area (Å²) in [5.74, 6) is 0.304. The molecule has 0 spiro atoms. The van der Waals surface area contributed by atoms with Crippen molar-refractivity contribution in [2.45, 2.75) is 5.92 Å². The summed E-state index contributed by atoms with van der Waals surface area (Å²) >= 11 is 0. The first-order valence-corrected chi connectivity index (χ1v) is 4.28. The molecule has 0 aliphatic carbocycles. The van der Waals surface area contributed by atoms with Crippen molar-refractivity contribution in [3.8, 4) is 23.6 Å². The topological polar surface area (TPSA) is 66.0 Å². The maximum absolute atomic E-state index is 8.77. The van der Waals surface area contributed by atoms with Gasteiger partial charge in [-0.15, -0.1) is 0 Å². The van der Waals surface area contributed by atoms with Gasteiger partial charge in [-0.1, -0.05) is 0 Å². The van der Waals surface area contributed by atoms with Gasteiger partial charge in [0.25, 0.3) is 0 Å². The van der Waals surface area contributed by atoms with E-state index in [1.807, 2.05) is 12.1 Å². The largest absolute Gasteiger partial charge is 0.497 e. The highest BCUT2D eigenvalue weighted by Gasteiger charge is 2.15. The minimum Gasteiger partial charge on any atom is -0.497 e. The Bertz CT molecular complexity index is 415. The first-order chi connectivity index (χ1) is 7.26. The second kappa shape index (κ2) is 4.88. The quantitative estimate of drug-likeness (QED) is 0.750. The van der Waals surface area contributed by atoms with E-state index >= 15 is 0 Å². The number of rotatable bonds is 3. The number of hydrogen-bond acceptors (Lipinski definition) is 4. The fourth-order valence-electron chi connectivity index (χ4n) is 1.22. The average Bonchev–Trinajstić information content (AvgIpc) is 2.31. The van der Waals surface area contributed by atoms with E-state index < -0.39 is 5.92 Å². The molecular weight excluding hydrogens is 192 g/mol. The fourth-order valence-corrected chi connectivity index (χ4v) is 1.22. The van der Waals surface area contributed by atoms with Crippen LogP contribution < -0.4 is 9.47 Å². The first kappa shape index (κ1) is 10.9. The lowest BCUT2D eigenvalue weighted by molar-refractivity contribution is 0.391. The first-order valence-electron chi connectivity index (χ1n) is 4.28. The molecule has 0 fully saturated rings. The van der Waals surface area contributed by atoms with E-state index in [4.69, 9.17) is 20.0 Å². The minimum absolute atomic E-state index is 0.488. The predicted octanol–water partition coefficient (Wildman–Crippen LogP) is 1.83. The molecule has 0 saturated heterocycles. The lowest BCUT2D eigenvalue weighted by Crippen LogP contribution is -1.97. The maximum atomic E-state index is 8.77. The van der Waals surface area contributed by atoms with Crippen molar-refractivity contribution in [3.63, 3.8) is 0 Å². The summed E-state index contributed by atoms with van der Waals surface area (Å²) in [6, 6.07) is 8.80. The molecule has 1 aromatic carbocycles. The van der Waals surface area contributed by atoms with Crippen molar-refractivity contribution < 1.29 is 9.47 Å². The van der Waals surface area contributed by atoms with Crippen molar-refractivity contribution in [2.75, 3.05) is 14.2 Å². The minimum atomic E-state index is -0.814. The lowest BCUT2D eigenvalue weighted by Gasteiger charge is -2.09. The number of nitrogens with zero attached hydrogens (tertiary/aromatic N) is 2. The number of ether oxygens (including phenoxy) is 2. The monoisotopic (exact) mass is 202 g/mol. The molecule has 0 aromatic heterocycles. The van der Waals surface area contributed by atoms with Crippen LogP contribution in [0.15, 0.2) is 18.2 Å². The van der Waals surface area contributed by atoms with Crippen LogP contribution in [0.5, 0.6) is 11.5 Å². The highest BCUT2D eigenvalue weighted by Crippen LogP contribution is 2.29. The van der Waals surface area contributed by atoms with Gasteiger partial charge in [-0.05, 0) is 12.1 Å². The fraction of sp³-hybridized carbons (Fsp3) is 0.273. The second-order valence-corrected chi connectivity index (χ2v) is 2.80. The zero-order valence-corrected chi connectivity index (χ0v) is 8.52.